The Morgan fingerprint density at radius 1 is 1.45 bits per heavy atom. The molecule has 1 N–H and O–H groups in total. The van der Waals surface area contributed by atoms with Gasteiger partial charge in [0.25, 0.3) is 0 Å². The second kappa shape index (κ2) is 5.51. The van der Waals surface area contributed by atoms with Gasteiger partial charge in [-0.15, -0.1) is 11.3 Å². The molecule has 6 nitrogen and oxygen atoms in total. The van der Waals surface area contributed by atoms with Crippen molar-refractivity contribution < 1.29 is 13.2 Å². The molecule has 0 bridgehead atoms. The third kappa shape index (κ3) is 3.07. The van der Waals surface area contributed by atoms with E-state index in [0.717, 1.165) is 15.2 Å². The van der Waals surface area contributed by atoms with Gasteiger partial charge in [0.15, 0.2) is 9.84 Å². The molecule has 0 spiro atoms. The Labute approximate surface area is 133 Å². The molecule has 0 radical (unpaired) electrons. The van der Waals surface area contributed by atoms with Gasteiger partial charge in [0.05, 0.1) is 26.7 Å². The zero-order valence-electron chi connectivity index (χ0n) is 12.4. The van der Waals surface area contributed by atoms with Crippen molar-refractivity contribution in [3.05, 3.63) is 23.2 Å². The zero-order chi connectivity index (χ0) is 15.9. The second-order valence-corrected chi connectivity index (χ2v) is 8.98. The number of urea groups is 1. The van der Waals surface area contributed by atoms with Gasteiger partial charge in [0.1, 0.15) is 0 Å². The van der Waals surface area contributed by atoms with Gasteiger partial charge in [-0.25, -0.2) is 18.2 Å². The molecule has 22 heavy (non-hydrogen) atoms. The highest BCUT2D eigenvalue weighted by Gasteiger charge is 2.32. The van der Waals surface area contributed by atoms with Crippen molar-refractivity contribution in [1.29, 1.82) is 0 Å². The maximum Gasteiger partial charge on any atom is 0.321 e. The molecule has 1 aromatic carbocycles. The van der Waals surface area contributed by atoms with Crippen molar-refractivity contribution in [3.63, 3.8) is 0 Å². The molecular weight excluding hydrogens is 322 g/mol. The Bertz CT molecular complexity index is 829. The van der Waals surface area contributed by atoms with E-state index in [1.54, 1.807) is 24.5 Å². The number of amides is 2. The van der Waals surface area contributed by atoms with E-state index in [2.05, 4.69) is 10.3 Å². The van der Waals surface area contributed by atoms with Gasteiger partial charge < -0.3 is 10.2 Å². The fraction of sp³-hybridized carbons (Fsp3) is 0.429. The number of nitrogens with one attached hydrogen (secondary N) is 1. The number of carbonyl (C=O) groups excluding carboxylic acids is 1. The molecule has 1 atom stereocenters. The molecule has 1 saturated heterocycles. The normalized spacial score (nSPS) is 20.2. The van der Waals surface area contributed by atoms with Gasteiger partial charge in [-0.05, 0) is 31.5 Å². The van der Waals surface area contributed by atoms with Gasteiger partial charge in [0, 0.05) is 18.8 Å². The summed E-state index contributed by atoms with van der Waals surface area (Å²) < 4.78 is 24.0. The molecule has 1 aliphatic heterocycles. The number of fused-ring (bicyclic) bond motifs is 1. The third-order valence-corrected chi connectivity index (χ3v) is 6.51. The predicted octanol–water partition coefficient (Wildman–Crippen LogP) is 2.26. The Kier molecular flexibility index (Phi) is 3.82. The van der Waals surface area contributed by atoms with Crippen LogP contribution in [0.1, 0.15) is 11.4 Å². The molecular formula is C14H17N3O3S2. The van der Waals surface area contributed by atoms with Crippen LogP contribution in [0.4, 0.5) is 10.5 Å². The summed E-state index contributed by atoms with van der Waals surface area (Å²) in [5.74, 6) is 0.200. The summed E-state index contributed by atoms with van der Waals surface area (Å²) in [5, 5.41) is 3.80. The summed E-state index contributed by atoms with van der Waals surface area (Å²) in [6, 6.07) is 5.02. The molecule has 2 amide bonds. The third-order valence-electron chi connectivity index (χ3n) is 3.82. The number of rotatable bonds is 2. The van der Waals surface area contributed by atoms with Gasteiger partial charge in [-0.3, -0.25) is 0 Å². The largest absolute Gasteiger partial charge is 0.324 e. The van der Waals surface area contributed by atoms with E-state index < -0.39 is 9.84 Å². The van der Waals surface area contributed by atoms with E-state index in [-0.39, 0.29) is 23.6 Å². The van der Waals surface area contributed by atoms with Crippen molar-refractivity contribution in [1.82, 2.24) is 9.88 Å². The first kappa shape index (κ1) is 15.2. The molecule has 2 heterocycles. The summed E-state index contributed by atoms with van der Waals surface area (Å²) >= 11 is 1.57. The van der Waals surface area contributed by atoms with E-state index in [1.807, 2.05) is 19.1 Å². The minimum absolute atomic E-state index is 0.0456. The lowest BCUT2D eigenvalue weighted by Crippen LogP contribution is -2.40. The van der Waals surface area contributed by atoms with Crippen LogP contribution in [0.15, 0.2) is 18.2 Å². The van der Waals surface area contributed by atoms with Crippen LogP contribution < -0.4 is 5.32 Å². The first-order valence-electron chi connectivity index (χ1n) is 6.95. The minimum atomic E-state index is -3.00. The van der Waals surface area contributed by atoms with Crippen LogP contribution in [0.3, 0.4) is 0 Å². The topological polar surface area (TPSA) is 79.4 Å². The molecule has 0 aliphatic carbocycles. The fourth-order valence-electron chi connectivity index (χ4n) is 2.58. The van der Waals surface area contributed by atoms with E-state index in [0.29, 0.717) is 12.1 Å². The zero-order valence-corrected chi connectivity index (χ0v) is 14.0. The van der Waals surface area contributed by atoms with Crippen LogP contribution in [0.25, 0.3) is 10.2 Å². The smallest absolute Gasteiger partial charge is 0.321 e. The Morgan fingerprint density at radius 2 is 2.23 bits per heavy atom. The van der Waals surface area contributed by atoms with Crippen LogP contribution in [-0.2, 0) is 9.84 Å². The average Bonchev–Trinajstić information content (AvgIpc) is 2.98. The SMILES string of the molecule is Cc1nc2ccc(NC(=O)N(C)[C@@H]3CCS(=O)(=O)C3)cc2s1. The number of nitrogens with zero attached hydrogens (tertiary/aromatic N) is 2. The maximum atomic E-state index is 12.3. The van der Waals surface area contributed by atoms with Crippen LogP contribution in [0, 0.1) is 6.92 Å². The Morgan fingerprint density at radius 3 is 2.91 bits per heavy atom. The van der Waals surface area contributed by atoms with E-state index in [4.69, 9.17) is 0 Å². The molecule has 8 heteroatoms. The van der Waals surface area contributed by atoms with Crippen molar-refractivity contribution in [2.24, 2.45) is 0 Å². The molecule has 1 aromatic heterocycles. The molecule has 118 valence electrons. The first-order chi connectivity index (χ1) is 10.3. The molecule has 2 aromatic rings. The predicted molar refractivity (Wildman–Crippen MR) is 88.2 cm³/mol. The fourth-order valence-corrected chi connectivity index (χ4v) is 5.22. The van der Waals surface area contributed by atoms with Gasteiger partial charge in [0.2, 0.25) is 0 Å². The number of carbonyl (C=O) groups is 1. The highest BCUT2D eigenvalue weighted by atomic mass is 32.2. The molecule has 0 saturated carbocycles. The van der Waals surface area contributed by atoms with Gasteiger partial charge in [-0.2, -0.15) is 0 Å². The van der Waals surface area contributed by atoms with Gasteiger partial charge >= 0.3 is 6.03 Å². The van der Waals surface area contributed by atoms with Crippen molar-refractivity contribution in [2.45, 2.75) is 19.4 Å². The molecule has 1 aliphatic rings. The highest BCUT2D eigenvalue weighted by molar-refractivity contribution is 7.91. The average molecular weight is 339 g/mol. The van der Waals surface area contributed by atoms with Crippen LogP contribution in [0.2, 0.25) is 0 Å². The lowest BCUT2D eigenvalue weighted by Gasteiger charge is -2.23. The number of anilines is 1. The summed E-state index contributed by atoms with van der Waals surface area (Å²) in [6.45, 7) is 1.94. The van der Waals surface area contributed by atoms with E-state index in [9.17, 15) is 13.2 Å². The maximum absolute atomic E-state index is 12.3. The van der Waals surface area contributed by atoms with Crippen molar-refractivity contribution in [3.8, 4) is 0 Å². The quantitative estimate of drug-likeness (QED) is 0.910. The van der Waals surface area contributed by atoms with E-state index >= 15 is 0 Å². The number of hydrogen-bond donors (Lipinski definition) is 1. The van der Waals surface area contributed by atoms with E-state index in [1.165, 1.54) is 4.90 Å². The first-order valence-corrected chi connectivity index (χ1v) is 9.59. The van der Waals surface area contributed by atoms with Crippen LogP contribution in [0.5, 0.6) is 0 Å². The number of hydrogen-bond acceptors (Lipinski definition) is 5. The number of thiazole rings is 1. The standard InChI is InChI=1S/C14H17N3O3S2/c1-9-15-12-4-3-10(7-13(12)21-9)16-14(18)17(2)11-5-6-22(19,20)8-11/h3-4,7,11H,5-6,8H2,1-2H3,(H,16,18)/t11-/m1/s1. The number of sulfone groups is 1. The summed E-state index contributed by atoms with van der Waals surface area (Å²) in [4.78, 5) is 18.1. The lowest BCUT2D eigenvalue weighted by atomic mass is 10.2. The molecule has 3 rings (SSSR count). The van der Waals surface area contributed by atoms with Crippen LogP contribution >= 0.6 is 11.3 Å². The van der Waals surface area contributed by atoms with Crippen molar-refractivity contribution >= 4 is 43.1 Å². The molecule has 0 unspecified atom stereocenters. The Hall–Kier alpha value is -1.67. The molecule has 1 fully saturated rings. The summed E-state index contributed by atoms with van der Waals surface area (Å²) in [6.07, 6.45) is 0.499. The number of aryl methyl sites for hydroxylation is 1. The summed E-state index contributed by atoms with van der Waals surface area (Å²) in [5.41, 5.74) is 1.60. The monoisotopic (exact) mass is 339 g/mol. The second-order valence-electron chi connectivity index (χ2n) is 5.51. The van der Waals surface area contributed by atoms with Crippen molar-refractivity contribution in [2.75, 3.05) is 23.9 Å². The lowest BCUT2D eigenvalue weighted by molar-refractivity contribution is 0.209. The van der Waals surface area contributed by atoms with Gasteiger partial charge in [-0.1, -0.05) is 0 Å². The Balaban J connectivity index is 1.72. The van der Waals surface area contributed by atoms with Crippen LogP contribution in [-0.4, -0.2) is 48.9 Å². The number of aromatic nitrogens is 1. The number of benzene rings is 1. The summed E-state index contributed by atoms with van der Waals surface area (Å²) in [7, 11) is -1.37. The minimum Gasteiger partial charge on any atom is -0.324 e. The highest BCUT2D eigenvalue weighted by Crippen LogP contribution is 2.25.